The van der Waals surface area contributed by atoms with E-state index in [4.69, 9.17) is 5.73 Å². The van der Waals surface area contributed by atoms with Gasteiger partial charge in [-0.05, 0) is 37.5 Å². The molecule has 0 radical (unpaired) electrons. The summed E-state index contributed by atoms with van der Waals surface area (Å²) >= 11 is 0. The van der Waals surface area contributed by atoms with Crippen LogP contribution >= 0.6 is 0 Å². The quantitative estimate of drug-likeness (QED) is 0.862. The lowest BCUT2D eigenvalue weighted by Gasteiger charge is -2.25. The SMILES string of the molecule is NC1CCCC(S(=O)c2cccc(F)c2)C1. The summed E-state index contributed by atoms with van der Waals surface area (Å²) in [4.78, 5) is 0.583. The lowest BCUT2D eigenvalue weighted by Crippen LogP contribution is -2.33. The van der Waals surface area contributed by atoms with Crippen LogP contribution in [-0.4, -0.2) is 15.5 Å². The topological polar surface area (TPSA) is 43.1 Å². The van der Waals surface area contributed by atoms with Crippen molar-refractivity contribution in [3.63, 3.8) is 0 Å². The molecule has 0 heterocycles. The average Bonchev–Trinajstić information content (AvgIpc) is 2.28. The fraction of sp³-hybridized carbons (Fsp3) is 0.500. The van der Waals surface area contributed by atoms with Crippen molar-refractivity contribution in [2.45, 2.75) is 41.9 Å². The molecule has 3 unspecified atom stereocenters. The van der Waals surface area contributed by atoms with Crippen molar-refractivity contribution in [2.24, 2.45) is 5.73 Å². The molecule has 0 saturated heterocycles. The third-order valence-corrected chi connectivity index (χ3v) is 4.75. The van der Waals surface area contributed by atoms with Gasteiger partial charge in [-0.3, -0.25) is 4.21 Å². The van der Waals surface area contributed by atoms with Gasteiger partial charge in [0.15, 0.2) is 0 Å². The molecule has 1 fully saturated rings. The van der Waals surface area contributed by atoms with E-state index in [2.05, 4.69) is 0 Å². The molecule has 2 rings (SSSR count). The van der Waals surface area contributed by atoms with E-state index >= 15 is 0 Å². The van der Waals surface area contributed by atoms with Crippen molar-refractivity contribution in [1.29, 1.82) is 0 Å². The number of nitrogens with two attached hydrogens (primary N) is 1. The van der Waals surface area contributed by atoms with E-state index in [1.54, 1.807) is 12.1 Å². The van der Waals surface area contributed by atoms with E-state index in [-0.39, 0.29) is 17.1 Å². The first kappa shape index (κ1) is 11.7. The normalized spacial score (nSPS) is 27.6. The Morgan fingerprint density at radius 1 is 1.38 bits per heavy atom. The van der Waals surface area contributed by atoms with Crippen molar-refractivity contribution in [2.75, 3.05) is 0 Å². The maximum Gasteiger partial charge on any atom is 0.124 e. The molecule has 88 valence electrons. The molecule has 4 heteroatoms. The number of benzene rings is 1. The van der Waals surface area contributed by atoms with Gasteiger partial charge in [0.1, 0.15) is 5.82 Å². The van der Waals surface area contributed by atoms with Crippen LogP contribution in [-0.2, 0) is 10.8 Å². The van der Waals surface area contributed by atoms with E-state index in [0.717, 1.165) is 25.7 Å². The zero-order valence-electron chi connectivity index (χ0n) is 9.06. The van der Waals surface area contributed by atoms with Gasteiger partial charge in [0, 0.05) is 16.2 Å². The Morgan fingerprint density at radius 3 is 2.88 bits per heavy atom. The highest BCUT2D eigenvalue weighted by molar-refractivity contribution is 7.85. The van der Waals surface area contributed by atoms with Crippen LogP contribution in [0.4, 0.5) is 4.39 Å². The summed E-state index contributed by atoms with van der Waals surface area (Å²) in [5.74, 6) is -0.328. The van der Waals surface area contributed by atoms with E-state index in [0.29, 0.717) is 4.90 Å². The molecule has 1 aliphatic carbocycles. The highest BCUT2D eigenvalue weighted by Crippen LogP contribution is 2.25. The Morgan fingerprint density at radius 2 is 2.19 bits per heavy atom. The van der Waals surface area contributed by atoms with Crippen LogP contribution in [0.15, 0.2) is 29.2 Å². The monoisotopic (exact) mass is 241 g/mol. The van der Waals surface area contributed by atoms with Gasteiger partial charge in [-0.25, -0.2) is 4.39 Å². The van der Waals surface area contributed by atoms with Gasteiger partial charge < -0.3 is 5.73 Å². The van der Waals surface area contributed by atoms with Crippen LogP contribution < -0.4 is 5.73 Å². The predicted octanol–water partition coefficient (Wildman–Crippen LogP) is 2.20. The summed E-state index contributed by atoms with van der Waals surface area (Å²) in [5.41, 5.74) is 5.86. The van der Waals surface area contributed by atoms with Crippen molar-refractivity contribution < 1.29 is 8.60 Å². The van der Waals surface area contributed by atoms with Crippen LogP contribution in [0.5, 0.6) is 0 Å². The number of hydrogen-bond donors (Lipinski definition) is 1. The lowest BCUT2D eigenvalue weighted by atomic mass is 9.96. The zero-order valence-corrected chi connectivity index (χ0v) is 9.88. The first-order chi connectivity index (χ1) is 7.66. The molecule has 1 saturated carbocycles. The third kappa shape index (κ3) is 2.68. The Hall–Kier alpha value is -0.740. The van der Waals surface area contributed by atoms with Crippen molar-refractivity contribution in [3.8, 4) is 0 Å². The molecule has 1 aliphatic rings. The minimum Gasteiger partial charge on any atom is -0.328 e. The molecule has 1 aromatic rings. The average molecular weight is 241 g/mol. The second-order valence-electron chi connectivity index (χ2n) is 4.30. The maximum atomic E-state index is 13.0. The Labute approximate surface area is 97.5 Å². The summed E-state index contributed by atoms with van der Waals surface area (Å²) in [6, 6.07) is 6.20. The fourth-order valence-electron chi connectivity index (χ4n) is 2.16. The van der Waals surface area contributed by atoms with Crippen molar-refractivity contribution in [3.05, 3.63) is 30.1 Å². The summed E-state index contributed by atoms with van der Waals surface area (Å²) in [5, 5.41) is 0.0885. The predicted molar refractivity (Wildman–Crippen MR) is 63.0 cm³/mol. The first-order valence-corrected chi connectivity index (χ1v) is 6.80. The standard InChI is InChI=1S/C12H16FNOS/c13-9-3-1-5-11(7-9)16(15)12-6-2-4-10(14)8-12/h1,3,5,7,10,12H,2,4,6,8,14H2. The third-order valence-electron chi connectivity index (χ3n) is 3.00. The van der Waals surface area contributed by atoms with E-state index in [1.165, 1.54) is 12.1 Å². The molecule has 0 aliphatic heterocycles. The summed E-state index contributed by atoms with van der Waals surface area (Å²) < 4.78 is 25.2. The zero-order chi connectivity index (χ0) is 11.5. The van der Waals surface area contributed by atoms with Crippen molar-refractivity contribution >= 4 is 10.8 Å². The number of rotatable bonds is 2. The van der Waals surface area contributed by atoms with Gasteiger partial charge in [0.05, 0.1) is 10.8 Å². The Kier molecular flexibility index (Phi) is 3.71. The van der Waals surface area contributed by atoms with Gasteiger partial charge in [-0.1, -0.05) is 12.5 Å². The summed E-state index contributed by atoms with van der Waals surface area (Å²) in [6.07, 6.45) is 3.74. The van der Waals surface area contributed by atoms with Crippen molar-refractivity contribution in [1.82, 2.24) is 0 Å². The van der Waals surface area contributed by atoms with Gasteiger partial charge >= 0.3 is 0 Å². The van der Waals surface area contributed by atoms with Gasteiger partial charge in [0.2, 0.25) is 0 Å². The molecule has 0 aromatic heterocycles. The summed E-state index contributed by atoms with van der Waals surface area (Å²) in [6.45, 7) is 0. The minimum atomic E-state index is -1.12. The smallest absolute Gasteiger partial charge is 0.124 e. The molecule has 2 nitrogen and oxygen atoms in total. The molecule has 3 atom stereocenters. The molecule has 2 N–H and O–H groups in total. The van der Waals surface area contributed by atoms with Gasteiger partial charge in [0.25, 0.3) is 0 Å². The van der Waals surface area contributed by atoms with Crippen LogP contribution in [0.3, 0.4) is 0 Å². The molecule has 0 bridgehead atoms. The largest absolute Gasteiger partial charge is 0.328 e. The Balaban J connectivity index is 2.12. The molecule has 16 heavy (non-hydrogen) atoms. The molecular weight excluding hydrogens is 225 g/mol. The fourth-order valence-corrected chi connectivity index (χ4v) is 3.79. The molecule has 0 spiro atoms. The van der Waals surface area contributed by atoms with Crippen LogP contribution in [0.1, 0.15) is 25.7 Å². The first-order valence-electron chi connectivity index (χ1n) is 5.58. The number of halogens is 1. The summed E-state index contributed by atoms with van der Waals surface area (Å²) in [7, 11) is -1.12. The van der Waals surface area contributed by atoms with E-state index < -0.39 is 10.8 Å². The number of hydrogen-bond acceptors (Lipinski definition) is 2. The highest BCUT2D eigenvalue weighted by Gasteiger charge is 2.25. The van der Waals surface area contributed by atoms with Crippen LogP contribution in [0.2, 0.25) is 0 Å². The van der Waals surface area contributed by atoms with Gasteiger partial charge in [-0.15, -0.1) is 0 Å². The van der Waals surface area contributed by atoms with Gasteiger partial charge in [-0.2, -0.15) is 0 Å². The lowest BCUT2D eigenvalue weighted by molar-refractivity contribution is 0.444. The van der Waals surface area contributed by atoms with Crippen LogP contribution in [0.25, 0.3) is 0 Å². The minimum absolute atomic E-state index is 0.0885. The van der Waals surface area contributed by atoms with E-state index in [1.807, 2.05) is 0 Å². The molecule has 0 amide bonds. The van der Waals surface area contributed by atoms with Crippen LogP contribution in [0, 0.1) is 5.82 Å². The maximum absolute atomic E-state index is 13.0. The van der Waals surface area contributed by atoms with E-state index in [9.17, 15) is 8.60 Å². The second-order valence-corrected chi connectivity index (χ2v) is 6.04. The highest BCUT2D eigenvalue weighted by atomic mass is 32.2. The molecule has 1 aromatic carbocycles. The Bertz CT molecular complexity index is 396. The molecular formula is C12H16FNOS. The second kappa shape index (κ2) is 5.06.